The van der Waals surface area contributed by atoms with E-state index in [0.29, 0.717) is 23.7 Å². The largest absolute Gasteiger partial charge is 0.489 e. The summed E-state index contributed by atoms with van der Waals surface area (Å²) in [6.45, 7) is 1.72. The number of nitrogens with zero attached hydrogens (tertiary/aromatic N) is 1. The highest BCUT2D eigenvalue weighted by Crippen LogP contribution is 2.21. The van der Waals surface area contributed by atoms with Gasteiger partial charge in [-0.1, -0.05) is 23.7 Å². The highest BCUT2D eigenvalue weighted by atomic mass is 35.5. The average molecular weight is 370 g/mol. The van der Waals surface area contributed by atoms with E-state index in [4.69, 9.17) is 16.3 Å². The summed E-state index contributed by atoms with van der Waals surface area (Å²) >= 11 is 5.98. The number of pyridine rings is 1. The van der Waals surface area contributed by atoms with Gasteiger partial charge >= 0.3 is 0 Å². The number of nitrogens with one attached hydrogen (secondary N) is 2. The van der Waals surface area contributed by atoms with Crippen LogP contribution in [0.15, 0.2) is 54.7 Å². The summed E-state index contributed by atoms with van der Waals surface area (Å²) in [6, 6.07) is 15.0. The molecule has 0 atom stereocenters. The first kappa shape index (κ1) is 18.2. The molecule has 0 unspecified atom stereocenters. The van der Waals surface area contributed by atoms with Crippen molar-refractivity contribution in [1.29, 1.82) is 0 Å². The minimum absolute atomic E-state index is 0.129. The monoisotopic (exact) mass is 369 g/mol. The van der Waals surface area contributed by atoms with E-state index in [1.165, 1.54) is 0 Å². The molecule has 0 aliphatic heterocycles. The van der Waals surface area contributed by atoms with Crippen molar-refractivity contribution in [3.63, 3.8) is 0 Å². The fraction of sp³-hybridized carbons (Fsp3) is 0.200. The number of carbonyl (C=O) groups excluding carboxylic acids is 1. The van der Waals surface area contributed by atoms with Crippen LogP contribution in [0.4, 0.5) is 0 Å². The molecule has 0 fully saturated rings. The Bertz CT molecular complexity index is 914. The number of carbonyl (C=O) groups is 1. The van der Waals surface area contributed by atoms with E-state index in [1.807, 2.05) is 55.6 Å². The molecule has 2 N–H and O–H groups in total. The Hall–Kier alpha value is -2.63. The lowest BCUT2D eigenvalue weighted by atomic mass is 10.1. The van der Waals surface area contributed by atoms with Crippen LogP contribution in [0.3, 0.4) is 0 Å². The second-order valence-electron chi connectivity index (χ2n) is 5.86. The molecule has 2 aromatic carbocycles. The van der Waals surface area contributed by atoms with Gasteiger partial charge in [-0.3, -0.25) is 9.78 Å². The van der Waals surface area contributed by atoms with Gasteiger partial charge in [-0.25, -0.2) is 0 Å². The van der Waals surface area contributed by atoms with Gasteiger partial charge in [-0.2, -0.15) is 0 Å². The van der Waals surface area contributed by atoms with Crippen LogP contribution in [0.5, 0.6) is 5.75 Å². The quantitative estimate of drug-likeness (QED) is 0.626. The molecule has 134 valence electrons. The van der Waals surface area contributed by atoms with Crippen molar-refractivity contribution >= 4 is 28.4 Å². The van der Waals surface area contributed by atoms with Crippen LogP contribution in [0.1, 0.15) is 15.9 Å². The number of hydrogen-bond acceptors (Lipinski definition) is 4. The molecule has 6 heteroatoms. The number of amides is 1. The zero-order valence-electron chi connectivity index (χ0n) is 14.5. The standard InChI is InChI=1S/C20H20ClN3O2/c1-22-7-8-23-20(25)16-10-15-5-6-18(11-19(15)24-12-16)26-13-14-3-2-4-17(21)9-14/h2-6,9-12,22H,7-8,13H2,1H3,(H,23,25). The van der Waals surface area contributed by atoms with Gasteiger partial charge in [0.15, 0.2) is 0 Å². The molecule has 1 aromatic heterocycles. The highest BCUT2D eigenvalue weighted by molar-refractivity contribution is 6.30. The van der Waals surface area contributed by atoms with Gasteiger partial charge in [-0.05, 0) is 42.9 Å². The predicted molar refractivity (Wildman–Crippen MR) is 104 cm³/mol. The van der Waals surface area contributed by atoms with Crippen LogP contribution in [-0.2, 0) is 6.61 Å². The summed E-state index contributed by atoms with van der Waals surface area (Å²) in [4.78, 5) is 16.5. The molecule has 0 aliphatic carbocycles. The lowest BCUT2D eigenvalue weighted by molar-refractivity contribution is 0.0954. The molecule has 1 amide bonds. The molecular formula is C20H20ClN3O2. The summed E-state index contributed by atoms with van der Waals surface area (Å²) in [5.41, 5.74) is 2.32. The molecule has 26 heavy (non-hydrogen) atoms. The van der Waals surface area contributed by atoms with Crippen molar-refractivity contribution in [3.8, 4) is 5.75 Å². The third-order valence-corrected chi connectivity index (χ3v) is 4.11. The third-order valence-electron chi connectivity index (χ3n) is 3.87. The van der Waals surface area contributed by atoms with Gasteiger partial charge in [-0.15, -0.1) is 0 Å². The van der Waals surface area contributed by atoms with Crippen molar-refractivity contribution < 1.29 is 9.53 Å². The molecule has 0 radical (unpaired) electrons. The summed E-state index contributed by atoms with van der Waals surface area (Å²) in [5, 5.41) is 7.40. The molecule has 5 nitrogen and oxygen atoms in total. The van der Waals surface area contributed by atoms with Crippen molar-refractivity contribution in [2.45, 2.75) is 6.61 Å². The minimum atomic E-state index is -0.129. The first-order chi connectivity index (χ1) is 12.7. The molecule has 1 heterocycles. The van der Waals surface area contributed by atoms with Crippen LogP contribution in [-0.4, -0.2) is 31.0 Å². The van der Waals surface area contributed by atoms with Crippen molar-refractivity contribution in [1.82, 2.24) is 15.6 Å². The highest BCUT2D eigenvalue weighted by Gasteiger charge is 2.07. The smallest absolute Gasteiger partial charge is 0.252 e. The normalized spacial score (nSPS) is 10.7. The molecule has 0 saturated heterocycles. The minimum Gasteiger partial charge on any atom is -0.489 e. The second kappa shape index (κ2) is 8.65. The Balaban J connectivity index is 1.69. The molecule has 0 spiro atoms. The van der Waals surface area contributed by atoms with E-state index in [1.54, 1.807) is 6.20 Å². The third kappa shape index (κ3) is 4.71. The van der Waals surface area contributed by atoms with Crippen LogP contribution < -0.4 is 15.4 Å². The van der Waals surface area contributed by atoms with E-state index in [0.717, 1.165) is 28.8 Å². The molecule has 0 saturated carbocycles. The molecule has 0 aliphatic rings. The van der Waals surface area contributed by atoms with Crippen LogP contribution in [0.25, 0.3) is 10.9 Å². The maximum atomic E-state index is 12.1. The Morgan fingerprint density at radius 2 is 2.04 bits per heavy atom. The van der Waals surface area contributed by atoms with Crippen LogP contribution in [0.2, 0.25) is 5.02 Å². The van der Waals surface area contributed by atoms with E-state index >= 15 is 0 Å². The maximum Gasteiger partial charge on any atom is 0.252 e. The van der Waals surface area contributed by atoms with Crippen molar-refractivity contribution in [3.05, 3.63) is 70.9 Å². The van der Waals surface area contributed by atoms with Gasteiger partial charge in [0.2, 0.25) is 0 Å². The number of aromatic nitrogens is 1. The Morgan fingerprint density at radius 3 is 2.85 bits per heavy atom. The summed E-state index contributed by atoms with van der Waals surface area (Å²) in [6.07, 6.45) is 1.58. The van der Waals surface area contributed by atoms with E-state index in [-0.39, 0.29) is 5.91 Å². The van der Waals surface area contributed by atoms with Crippen LogP contribution in [0, 0.1) is 0 Å². The number of benzene rings is 2. The number of likely N-dealkylation sites (N-methyl/N-ethyl adjacent to an activating group) is 1. The summed E-state index contributed by atoms with van der Waals surface area (Å²) in [7, 11) is 1.84. The zero-order valence-corrected chi connectivity index (χ0v) is 15.2. The van der Waals surface area contributed by atoms with Gasteiger partial charge in [0.1, 0.15) is 12.4 Å². The Morgan fingerprint density at radius 1 is 1.15 bits per heavy atom. The van der Waals surface area contributed by atoms with Gasteiger partial charge in [0.05, 0.1) is 11.1 Å². The number of halogens is 1. The Labute approximate surface area is 157 Å². The summed E-state index contributed by atoms with van der Waals surface area (Å²) < 4.78 is 5.81. The molecule has 3 aromatic rings. The molecular weight excluding hydrogens is 350 g/mol. The molecule has 0 bridgehead atoms. The molecule has 3 rings (SSSR count). The second-order valence-corrected chi connectivity index (χ2v) is 6.29. The first-order valence-electron chi connectivity index (χ1n) is 8.35. The maximum absolute atomic E-state index is 12.1. The number of rotatable bonds is 7. The van der Waals surface area contributed by atoms with Crippen molar-refractivity contribution in [2.75, 3.05) is 20.1 Å². The van der Waals surface area contributed by atoms with Gasteiger partial charge in [0, 0.05) is 35.8 Å². The lowest BCUT2D eigenvalue weighted by Crippen LogP contribution is -2.30. The van der Waals surface area contributed by atoms with E-state index in [9.17, 15) is 4.79 Å². The van der Waals surface area contributed by atoms with Gasteiger partial charge < -0.3 is 15.4 Å². The SMILES string of the molecule is CNCCNC(=O)c1cnc2cc(OCc3cccc(Cl)c3)ccc2c1. The first-order valence-corrected chi connectivity index (χ1v) is 8.73. The van der Waals surface area contributed by atoms with Crippen molar-refractivity contribution in [2.24, 2.45) is 0 Å². The Kier molecular flexibility index (Phi) is 6.04. The number of hydrogen-bond donors (Lipinski definition) is 2. The zero-order chi connectivity index (χ0) is 18.4. The predicted octanol–water partition coefficient (Wildman–Crippen LogP) is 3.42. The van der Waals surface area contributed by atoms with E-state index < -0.39 is 0 Å². The van der Waals surface area contributed by atoms with Gasteiger partial charge in [0.25, 0.3) is 5.91 Å². The topological polar surface area (TPSA) is 63.2 Å². The fourth-order valence-corrected chi connectivity index (χ4v) is 2.72. The van der Waals surface area contributed by atoms with Crippen LogP contribution >= 0.6 is 11.6 Å². The van der Waals surface area contributed by atoms with E-state index in [2.05, 4.69) is 15.6 Å². The number of ether oxygens (including phenoxy) is 1. The fourth-order valence-electron chi connectivity index (χ4n) is 2.51. The lowest BCUT2D eigenvalue weighted by Gasteiger charge is -2.09. The average Bonchev–Trinajstić information content (AvgIpc) is 2.66. The number of fused-ring (bicyclic) bond motifs is 1. The summed E-state index contributed by atoms with van der Waals surface area (Å²) in [5.74, 6) is 0.590.